The number of rotatable bonds is 6. The SMILES string of the molecule is COc1ccccc1NC(=O)C(=O)N/N=C/c1cccc(OC(=O)c2sc3ccccc3c2Cl)c1. The maximum atomic E-state index is 12.6. The van der Waals surface area contributed by atoms with E-state index in [9.17, 15) is 14.4 Å². The molecular formula is C25H18ClN3O5S. The van der Waals surface area contributed by atoms with Gasteiger partial charge in [0, 0.05) is 10.1 Å². The van der Waals surface area contributed by atoms with E-state index in [1.165, 1.54) is 24.7 Å². The molecule has 0 spiro atoms. The molecule has 4 rings (SSSR count). The van der Waals surface area contributed by atoms with Gasteiger partial charge in [-0.15, -0.1) is 11.3 Å². The van der Waals surface area contributed by atoms with Crippen LogP contribution in [0.5, 0.6) is 11.5 Å². The van der Waals surface area contributed by atoms with Crippen LogP contribution in [0.4, 0.5) is 5.69 Å². The fourth-order valence-corrected chi connectivity index (χ4v) is 4.49. The quantitative estimate of drug-likeness (QED) is 0.127. The lowest BCUT2D eigenvalue weighted by atomic mass is 10.2. The molecule has 3 aromatic carbocycles. The van der Waals surface area contributed by atoms with E-state index in [0.29, 0.717) is 26.9 Å². The molecule has 1 heterocycles. The van der Waals surface area contributed by atoms with Gasteiger partial charge >= 0.3 is 17.8 Å². The minimum absolute atomic E-state index is 0.271. The molecule has 0 aliphatic heterocycles. The number of hydrogen-bond acceptors (Lipinski definition) is 7. The summed E-state index contributed by atoms with van der Waals surface area (Å²) >= 11 is 7.60. The predicted octanol–water partition coefficient (Wildman–Crippen LogP) is 4.87. The van der Waals surface area contributed by atoms with E-state index >= 15 is 0 Å². The Bertz CT molecular complexity index is 1450. The molecule has 0 fully saturated rings. The third kappa shape index (κ3) is 5.65. The van der Waals surface area contributed by atoms with Crippen LogP contribution in [0.25, 0.3) is 10.1 Å². The van der Waals surface area contributed by atoms with Gasteiger partial charge in [0.1, 0.15) is 16.4 Å². The molecule has 176 valence electrons. The van der Waals surface area contributed by atoms with Crippen molar-refractivity contribution in [1.29, 1.82) is 0 Å². The number of hydrogen-bond donors (Lipinski definition) is 2. The molecule has 0 radical (unpaired) electrons. The average molecular weight is 508 g/mol. The highest BCUT2D eigenvalue weighted by atomic mass is 35.5. The number of methoxy groups -OCH3 is 1. The summed E-state index contributed by atoms with van der Waals surface area (Å²) in [5, 5.41) is 7.38. The van der Waals surface area contributed by atoms with Gasteiger partial charge in [-0.1, -0.05) is 54.1 Å². The number of fused-ring (bicyclic) bond motifs is 1. The first-order valence-electron chi connectivity index (χ1n) is 10.2. The molecule has 8 nitrogen and oxygen atoms in total. The van der Waals surface area contributed by atoms with Gasteiger partial charge in [0.2, 0.25) is 0 Å². The van der Waals surface area contributed by atoms with Gasteiger partial charge in [-0.05, 0) is 35.9 Å². The fraction of sp³-hybridized carbons (Fsp3) is 0.0400. The number of esters is 1. The second-order valence-electron chi connectivity index (χ2n) is 7.06. The van der Waals surface area contributed by atoms with E-state index in [4.69, 9.17) is 21.1 Å². The number of thiophene rings is 1. The van der Waals surface area contributed by atoms with Crippen molar-refractivity contribution >= 4 is 62.7 Å². The van der Waals surface area contributed by atoms with Gasteiger partial charge in [-0.3, -0.25) is 9.59 Å². The number of benzene rings is 3. The Morgan fingerprint density at radius 2 is 1.74 bits per heavy atom. The number of carbonyl (C=O) groups is 3. The molecule has 0 aliphatic rings. The van der Waals surface area contributed by atoms with Crippen molar-refractivity contribution in [3.63, 3.8) is 0 Å². The monoisotopic (exact) mass is 507 g/mol. The van der Waals surface area contributed by atoms with Crippen LogP contribution in [0.1, 0.15) is 15.2 Å². The average Bonchev–Trinajstić information content (AvgIpc) is 3.21. The Kier molecular flexibility index (Phi) is 7.39. The van der Waals surface area contributed by atoms with Gasteiger partial charge in [-0.2, -0.15) is 5.10 Å². The Morgan fingerprint density at radius 3 is 2.54 bits per heavy atom. The molecule has 0 bridgehead atoms. The van der Waals surface area contributed by atoms with Crippen molar-refractivity contribution in [1.82, 2.24) is 5.43 Å². The number of amides is 2. The zero-order valence-corrected chi connectivity index (χ0v) is 19.9. The molecule has 1 aromatic heterocycles. The Labute approximate surface area is 209 Å². The third-order valence-electron chi connectivity index (χ3n) is 4.73. The highest BCUT2D eigenvalue weighted by molar-refractivity contribution is 7.21. The summed E-state index contributed by atoms with van der Waals surface area (Å²) in [6.45, 7) is 0. The number of halogens is 1. The van der Waals surface area contributed by atoms with Crippen molar-refractivity contribution in [3.8, 4) is 11.5 Å². The molecule has 0 saturated heterocycles. The van der Waals surface area contributed by atoms with Crippen LogP contribution >= 0.6 is 22.9 Å². The number of para-hydroxylation sites is 2. The topological polar surface area (TPSA) is 106 Å². The Balaban J connectivity index is 1.37. The molecule has 0 saturated carbocycles. The lowest BCUT2D eigenvalue weighted by Gasteiger charge is -2.08. The van der Waals surface area contributed by atoms with Crippen LogP contribution in [0, 0.1) is 0 Å². The normalized spacial score (nSPS) is 10.8. The van der Waals surface area contributed by atoms with Crippen molar-refractivity contribution in [2.45, 2.75) is 0 Å². The highest BCUT2D eigenvalue weighted by Crippen LogP contribution is 2.35. The first-order valence-corrected chi connectivity index (χ1v) is 11.4. The third-order valence-corrected chi connectivity index (χ3v) is 6.39. The maximum Gasteiger partial charge on any atom is 0.355 e. The molecule has 0 unspecified atom stereocenters. The largest absolute Gasteiger partial charge is 0.495 e. The molecule has 2 N–H and O–H groups in total. The Morgan fingerprint density at radius 1 is 0.971 bits per heavy atom. The zero-order chi connectivity index (χ0) is 24.8. The molecule has 0 atom stereocenters. The second-order valence-corrected chi connectivity index (χ2v) is 8.49. The summed E-state index contributed by atoms with van der Waals surface area (Å²) in [5.41, 5.74) is 3.04. The maximum absolute atomic E-state index is 12.6. The van der Waals surface area contributed by atoms with E-state index in [1.807, 2.05) is 24.3 Å². The van der Waals surface area contributed by atoms with Gasteiger partial charge in [0.25, 0.3) is 0 Å². The summed E-state index contributed by atoms with van der Waals surface area (Å²) in [6, 6.07) is 20.6. The van der Waals surface area contributed by atoms with Crippen LogP contribution in [0.15, 0.2) is 77.9 Å². The van der Waals surface area contributed by atoms with Gasteiger partial charge < -0.3 is 14.8 Å². The van der Waals surface area contributed by atoms with Crippen molar-refractivity contribution in [2.24, 2.45) is 5.10 Å². The zero-order valence-electron chi connectivity index (χ0n) is 18.3. The molecule has 2 amide bonds. The lowest BCUT2D eigenvalue weighted by Crippen LogP contribution is -2.32. The van der Waals surface area contributed by atoms with Gasteiger partial charge in [-0.25, -0.2) is 10.2 Å². The van der Waals surface area contributed by atoms with E-state index in [1.54, 1.807) is 48.5 Å². The van der Waals surface area contributed by atoms with Crippen molar-refractivity contribution in [2.75, 3.05) is 12.4 Å². The molecule has 10 heteroatoms. The number of hydrazone groups is 1. The smallest absolute Gasteiger partial charge is 0.355 e. The van der Waals surface area contributed by atoms with Crippen LogP contribution in [-0.4, -0.2) is 31.1 Å². The fourth-order valence-electron chi connectivity index (χ4n) is 3.10. The summed E-state index contributed by atoms with van der Waals surface area (Å²) in [7, 11) is 1.46. The molecule has 4 aromatic rings. The van der Waals surface area contributed by atoms with Crippen LogP contribution in [0.3, 0.4) is 0 Å². The van der Waals surface area contributed by atoms with E-state index in [0.717, 1.165) is 10.1 Å². The summed E-state index contributed by atoms with van der Waals surface area (Å²) in [5.74, 6) is -1.76. The van der Waals surface area contributed by atoms with Crippen molar-refractivity contribution < 1.29 is 23.9 Å². The molecule has 35 heavy (non-hydrogen) atoms. The number of anilines is 1. The number of ether oxygens (including phenoxy) is 2. The molecular weight excluding hydrogens is 490 g/mol. The van der Waals surface area contributed by atoms with Gasteiger partial charge in [0.05, 0.1) is 24.0 Å². The predicted molar refractivity (Wildman–Crippen MR) is 136 cm³/mol. The summed E-state index contributed by atoms with van der Waals surface area (Å²) < 4.78 is 11.5. The van der Waals surface area contributed by atoms with E-state index < -0.39 is 17.8 Å². The van der Waals surface area contributed by atoms with Crippen LogP contribution in [0.2, 0.25) is 5.02 Å². The van der Waals surface area contributed by atoms with Crippen molar-refractivity contribution in [3.05, 3.63) is 88.3 Å². The minimum atomic E-state index is -0.964. The summed E-state index contributed by atoms with van der Waals surface area (Å²) in [6.07, 6.45) is 1.32. The number of nitrogens with one attached hydrogen (secondary N) is 2. The van der Waals surface area contributed by atoms with Crippen LogP contribution < -0.4 is 20.2 Å². The van der Waals surface area contributed by atoms with Gasteiger partial charge in [0.15, 0.2) is 0 Å². The first-order chi connectivity index (χ1) is 17.0. The van der Waals surface area contributed by atoms with E-state index in [-0.39, 0.29) is 5.75 Å². The minimum Gasteiger partial charge on any atom is -0.495 e. The first kappa shape index (κ1) is 23.9. The lowest BCUT2D eigenvalue weighted by molar-refractivity contribution is -0.136. The second kappa shape index (κ2) is 10.8. The highest BCUT2D eigenvalue weighted by Gasteiger charge is 2.19. The van der Waals surface area contributed by atoms with E-state index in [2.05, 4.69) is 15.8 Å². The summed E-state index contributed by atoms with van der Waals surface area (Å²) in [4.78, 5) is 37.1. The number of nitrogens with zero attached hydrogens (tertiary/aromatic N) is 1. The Hall–Kier alpha value is -4.21. The van der Waals surface area contributed by atoms with Crippen LogP contribution in [-0.2, 0) is 9.59 Å². The molecule has 0 aliphatic carbocycles. The standard InChI is InChI=1S/C25H18ClN3O5S/c1-33-19-11-4-3-10-18(19)28-23(30)24(31)29-27-14-15-7-6-8-16(13-15)34-25(32)22-21(26)17-9-2-5-12-20(17)35-22/h2-14H,1H3,(H,28,30)(H,29,31)/b27-14+. The number of carbonyl (C=O) groups excluding carboxylic acids is 3.